The summed E-state index contributed by atoms with van der Waals surface area (Å²) in [6.45, 7) is 3.35. The molecule has 1 aliphatic rings. The lowest BCUT2D eigenvalue weighted by molar-refractivity contribution is -0.140. The second kappa shape index (κ2) is 8.15. The lowest BCUT2D eigenvalue weighted by Gasteiger charge is -2.20. The molecule has 24 heavy (non-hydrogen) atoms. The first-order valence-corrected chi connectivity index (χ1v) is 8.96. The lowest BCUT2D eigenvalue weighted by Crippen LogP contribution is -2.40. The molecule has 136 valence electrons. The maximum Gasteiger partial charge on any atom is 0.434 e. The van der Waals surface area contributed by atoms with Crippen LogP contribution in [0, 0.1) is 0 Å². The summed E-state index contributed by atoms with van der Waals surface area (Å²) in [6.07, 6.45) is -0.460. The fraction of sp³-hybridized carbons (Fsp3) is 0.733. The molecule has 0 atom stereocenters. The van der Waals surface area contributed by atoms with Gasteiger partial charge in [0.1, 0.15) is 0 Å². The van der Waals surface area contributed by atoms with E-state index in [2.05, 4.69) is 20.6 Å². The van der Waals surface area contributed by atoms with Gasteiger partial charge in [0.15, 0.2) is 11.7 Å². The van der Waals surface area contributed by atoms with Crippen molar-refractivity contribution in [2.45, 2.75) is 50.8 Å². The van der Waals surface area contributed by atoms with E-state index >= 15 is 0 Å². The van der Waals surface area contributed by atoms with Crippen molar-refractivity contribution in [2.24, 2.45) is 4.99 Å². The van der Waals surface area contributed by atoms with Crippen LogP contribution in [0.1, 0.15) is 43.3 Å². The lowest BCUT2D eigenvalue weighted by atomic mass is 10.0. The fourth-order valence-electron chi connectivity index (χ4n) is 2.60. The van der Waals surface area contributed by atoms with Crippen LogP contribution in [0.4, 0.5) is 13.2 Å². The standard InChI is InChI=1S/C15H23F3N4OS/c1-2-19-13(21-10-14(23)6-3-4-7-14)20-8-5-12-22-11(9-24-12)15(16,17)18/h9,23H,2-8,10H2,1H3,(H2,19,20,21). The summed E-state index contributed by atoms with van der Waals surface area (Å²) in [5, 5.41) is 17.9. The zero-order valence-electron chi connectivity index (χ0n) is 13.6. The smallest absolute Gasteiger partial charge is 0.388 e. The quantitative estimate of drug-likeness (QED) is 0.536. The molecule has 0 saturated heterocycles. The highest BCUT2D eigenvalue weighted by Crippen LogP contribution is 2.30. The maximum atomic E-state index is 12.5. The SMILES string of the molecule is CCNC(=NCC1(O)CCCC1)NCCc1nc(C(F)(F)F)cs1. The third-order valence-corrected chi connectivity index (χ3v) is 4.79. The topological polar surface area (TPSA) is 69.5 Å². The Kier molecular flexibility index (Phi) is 6.45. The second-order valence-electron chi connectivity index (χ2n) is 5.93. The Morgan fingerprint density at radius 1 is 1.38 bits per heavy atom. The van der Waals surface area contributed by atoms with Crippen LogP contribution in [0.2, 0.25) is 0 Å². The number of hydrogen-bond donors (Lipinski definition) is 3. The number of guanidine groups is 1. The Morgan fingerprint density at radius 3 is 2.67 bits per heavy atom. The zero-order valence-corrected chi connectivity index (χ0v) is 14.4. The molecule has 1 aromatic rings. The molecule has 0 aliphatic heterocycles. The van der Waals surface area contributed by atoms with Crippen molar-refractivity contribution in [2.75, 3.05) is 19.6 Å². The molecule has 1 saturated carbocycles. The third kappa shape index (κ3) is 5.62. The molecule has 9 heteroatoms. The van der Waals surface area contributed by atoms with Gasteiger partial charge in [0.25, 0.3) is 0 Å². The number of aromatic nitrogens is 1. The number of nitrogens with zero attached hydrogens (tertiary/aromatic N) is 2. The van der Waals surface area contributed by atoms with Crippen LogP contribution in [-0.2, 0) is 12.6 Å². The van der Waals surface area contributed by atoms with E-state index in [0.29, 0.717) is 37.0 Å². The van der Waals surface area contributed by atoms with Crippen molar-refractivity contribution in [3.63, 3.8) is 0 Å². The van der Waals surface area contributed by atoms with Crippen molar-refractivity contribution in [1.82, 2.24) is 15.6 Å². The molecule has 0 bridgehead atoms. The average molecular weight is 364 g/mol. The number of aliphatic imine (C=N–C) groups is 1. The summed E-state index contributed by atoms with van der Waals surface area (Å²) in [6, 6.07) is 0. The van der Waals surface area contributed by atoms with Gasteiger partial charge in [0.05, 0.1) is 17.2 Å². The molecule has 0 amide bonds. The number of rotatable bonds is 6. The summed E-state index contributed by atoms with van der Waals surface area (Å²) in [4.78, 5) is 7.99. The fourth-order valence-corrected chi connectivity index (χ4v) is 3.41. The van der Waals surface area contributed by atoms with Crippen LogP contribution in [0.3, 0.4) is 0 Å². The van der Waals surface area contributed by atoms with Gasteiger partial charge >= 0.3 is 6.18 Å². The number of thiazole rings is 1. The van der Waals surface area contributed by atoms with Crippen molar-refractivity contribution < 1.29 is 18.3 Å². The summed E-state index contributed by atoms with van der Waals surface area (Å²) >= 11 is 1.00. The number of hydrogen-bond acceptors (Lipinski definition) is 4. The molecular weight excluding hydrogens is 341 g/mol. The van der Waals surface area contributed by atoms with Gasteiger partial charge < -0.3 is 15.7 Å². The molecule has 1 heterocycles. The van der Waals surface area contributed by atoms with E-state index in [0.717, 1.165) is 42.4 Å². The van der Waals surface area contributed by atoms with Gasteiger partial charge in [-0.1, -0.05) is 12.8 Å². The first kappa shape index (κ1) is 19.0. The molecule has 1 fully saturated rings. The average Bonchev–Trinajstić information content (AvgIpc) is 3.14. The molecule has 5 nitrogen and oxygen atoms in total. The Balaban J connectivity index is 1.83. The third-order valence-electron chi connectivity index (χ3n) is 3.88. The predicted octanol–water partition coefficient (Wildman–Crippen LogP) is 2.56. The van der Waals surface area contributed by atoms with E-state index in [-0.39, 0.29) is 0 Å². The number of alkyl halides is 3. The summed E-state index contributed by atoms with van der Waals surface area (Å²) in [7, 11) is 0. The Labute approximate surface area is 143 Å². The molecule has 0 unspecified atom stereocenters. The Bertz CT molecular complexity index is 553. The molecular formula is C15H23F3N4OS. The van der Waals surface area contributed by atoms with Crippen LogP contribution in [-0.4, -0.2) is 41.3 Å². The van der Waals surface area contributed by atoms with Gasteiger partial charge in [-0.3, -0.25) is 4.99 Å². The van der Waals surface area contributed by atoms with E-state index in [1.54, 1.807) is 0 Å². The highest BCUT2D eigenvalue weighted by Gasteiger charge is 2.33. The van der Waals surface area contributed by atoms with Gasteiger partial charge in [0, 0.05) is 24.9 Å². The van der Waals surface area contributed by atoms with Crippen LogP contribution < -0.4 is 10.6 Å². The van der Waals surface area contributed by atoms with Crippen LogP contribution in [0.15, 0.2) is 10.4 Å². The maximum absolute atomic E-state index is 12.5. The van der Waals surface area contributed by atoms with Crippen LogP contribution >= 0.6 is 11.3 Å². The van der Waals surface area contributed by atoms with Gasteiger partial charge in [-0.05, 0) is 19.8 Å². The molecule has 0 spiro atoms. The van der Waals surface area contributed by atoms with E-state index in [1.165, 1.54) is 0 Å². The van der Waals surface area contributed by atoms with Crippen molar-refractivity contribution >= 4 is 17.3 Å². The Morgan fingerprint density at radius 2 is 2.08 bits per heavy atom. The minimum absolute atomic E-state index is 0.331. The van der Waals surface area contributed by atoms with Gasteiger partial charge in [-0.15, -0.1) is 11.3 Å². The van der Waals surface area contributed by atoms with E-state index < -0.39 is 17.5 Å². The summed E-state index contributed by atoms with van der Waals surface area (Å²) in [5.74, 6) is 0.561. The van der Waals surface area contributed by atoms with E-state index in [9.17, 15) is 18.3 Å². The van der Waals surface area contributed by atoms with E-state index in [1.807, 2.05) is 6.92 Å². The van der Waals surface area contributed by atoms with Crippen molar-refractivity contribution in [1.29, 1.82) is 0 Å². The molecule has 1 aromatic heterocycles. The van der Waals surface area contributed by atoms with Crippen LogP contribution in [0.25, 0.3) is 0 Å². The normalized spacial score (nSPS) is 18.0. The van der Waals surface area contributed by atoms with Crippen LogP contribution in [0.5, 0.6) is 0 Å². The molecule has 2 rings (SSSR count). The highest BCUT2D eigenvalue weighted by molar-refractivity contribution is 7.09. The minimum Gasteiger partial charge on any atom is -0.388 e. The predicted molar refractivity (Wildman–Crippen MR) is 88.2 cm³/mol. The van der Waals surface area contributed by atoms with Gasteiger partial charge in [-0.2, -0.15) is 13.2 Å². The van der Waals surface area contributed by atoms with Gasteiger partial charge in [0.2, 0.25) is 0 Å². The molecule has 0 radical (unpaired) electrons. The first-order valence-electron chi connectivity index (χ1n) is 8.08. The van der Waals surface area contributed by atoms with Gasteiger partial charge in [-0.25, -0.2) is 4.98 Å². The van der Waals surface area contributed by atoms with Crippen molar-refractivity contribution in [3.05, 3.63) is 16.1 Å². The number of halogens is 3. The largest absolute Gasteiger partial charge is 0.434 e. The molecule has 3 N–H and O–H groups in total. The summed E-state index contributed by atoms with van der Waals surface area (Å²) < 4.78 is 37.5. The molecule has 0 aromatic carbocycles. The Hall–Kier alpha value is -1.35. The summed E-state index contributed by atoms with van der Waals surface area (Å²) in [5.41, 5.74) is -1.56. The monoisotopic (exact) mass is 364 g/mol. The zero-order chi connectivity index (χ0) is 17.6. The minimum atomic E-state index is -4.39. The van der Waals surface area contributed by atoms with E-state index in [4.69, 9.17) is 0 Å². The molecule has 1 aliphatic carbocycles. The highest BCUT2D eigenvalue weighted by atomic mass is 32.1. The number of aliphatic hydroxyl groups is 1. The second-order valence-corrected chi connectivity index (χ2v) is 6.87. The van der Waals surface area contributed by atoms with Crippen molar-refractivity contribution in [3.8, 4) is 0 Å². The number of nitrogens with one attached hydrogen (secondary N) is 2. The first-order chi connectivity index (χ1) is 11.3.